The molecule has 4 aromatic rings. The maximum atomic E-state index is 11.7. The molecule has 1 aliphatic heterocycles. The summed E-state index contributed by atoms with van der Waals surface area (Å²) < 4.78 is 5.41. The summed E-state index contributed by atoms with van der Waals surface area (Å²) in [5.41, 5.74) is 11.7. The van der Waals surface area contributed by atoms with E-state index in [9.17, 15) is 9.90 Å². The first-order valence-corrected chi connectivity index (χ1v) is 10.6. The van der Waals surface area contributed by atoms with Gasteiger partial charge >= 0.3 is 0 Å². The molecule has 2 aromatic heterocycles. The fourth-order valence-electron chi connectivity index (χ4n) is 4.12. The zero-order valence-corrected chi connectivity index (χ0v) is 17.8. The number of aromatic amines is 1. The van der Waals surface area contributed by atoms with Crippen molar-refractivity contribution in [2.75, 3.05) is 36.9 Å². The van der Waals surface area contributed by atoms with Crippen molar-refractivity contribution in [1.82, 2.24) is 9.97 Å². The first kappa shape index (κ1) is 20.1. The van der Waals surface area contributed by atoms with Crippen molar-refractivity contribution in [2.45, 2.75) is 6.92 Å². The number of aromatic hydroxyl groups is 1. The van der Waals surface area contributed by atoms with Gasteiger partial charge in [-0.1, -0.05) is 6.07 Å². The molecule has 5 rings (SSSR count). The van der Waals surface area contributed by atoms with Gasteiger partial charge in [-0.2, -0.15) is 0 Å². The zero-order chi connectivity index (χ0) is 22.2. The van der Waals surface area contributed by atoms with Crippen LogP contribution in [0.3, 0.4) is 0 Å². The number of H-pyrrole nitrogens is 1. The topological polar surface area (TPSA) is 104 Å². The zero-order valence-electron chi connectivity index (χ0n) is 17.8. The van der Waals surface area contributed by atoms with Crippen molar-refractivity contribution >= 4 is 22.4 Å². The molecule has 0 atom stereocenters. The van der Waals surface area contributed by atoms with Gasteiger partial charge in [0.15, 0.2) is 0 Å². The monoisotopic (exact) mass is 428 g/mol. The summed E-state index contributed by atoms with van der Waals surface area (Å²) in [4.78, 5) is 21.2. The highest BCUT2D eigenvalue weighted by Crippen LogP contribution is 2.37. The number of phenols is 1. The van der Waals surface area contributed by atoms with E-state index in [0.717, 1.165) is 40.8 Å². The Hall–Kier alpha value is -3.84. The lowest BCUT2D eigenvalue weighted by Gasteiger charge is -2.29. The minimum atomic E-state index is -0.0951. The number of nitrogen functional groups attached to an aromatic ring is 1. The number of pyridine rings is 2. The van der Waals surface area contributed by atoms with Gasteiger partial charge in [0, 0.05) is 53.1 Å². The molecule has 0 bridgehead atoms. The number of phenolic OH excluding ortho intramolecular Hbond substituents is 1. The van der Waals surface area contributed by atoms with E-state index in [4.69, 9.17) is 10.5 Å². The number of ether oxygens (including phenoxy) is 1. The number of morpholine rings is 1. The molecular weight excluding hydrogens is 404 g/mol. The number of benzene rings is 2. The largest absolute Gasteiger partial charge is 0.507 e. The molecule has 162 valence electrons. The van der Waals surface area contributed by atoms with E-state index in [1.54, 1.807) is 19.2 Å². The number of nitrogens with zero attached hydrogens (tertiary/aromatic N) is 2. The van der Waals surface area contributed by atoms with Crippen LogP contribution in [0.1, 0.15) is 5.56 Å². The highest BCUT2D eigenvalue weighted by molar-refractivity contribution is 5.92. The van der Waals surface area contributed by atoms with E-state index in [2.05, 4.69) is 14.9 Å². The molecule has 0 unspecified atom stereocenters. The number of rotatable bonds is 3. The fourth-order valence-corrected chi connectivity index (χ4v) is 4.12. The lowest BCUT2D eigenvalue weighted by molar-refractivity contribution is 0.122. The van der Waals surface area contributed by atoms with E-state index in [1.165, 1.54) is 0 Å². The van der Waals surface area contributed by atoms with E-state index in [1.807, 2.05) is 42.5 Å². The van der Waals surface area contributed by atoms with Gasteiger partial charge in [0.1, 0.15) is 11.6 Å². The van der Waals surface area contributed by atoms with Gasteiger partial charge in [-0.15, -0.1) is 0 Å². The lowest BCUT2D eigenvalue weighted by atomic mass is 9.99. The predicted octanol–water partition coefficient (Wildman–Crippen LogP) is 3.69. The molecule has 3 heterocycles. The molecule has 0 spiro atoms. The third kappa shape index (κ3) is 3.67. The SMILES string of the molecule is Cc1cc(-c2ccc3nc(N)c(-c4ccc(N5CCOCC5)cc4O)cc3c2)c[nH]c1=O. The average Bonchev–Trinajstić information content (AvgIpc) is 2.81. The van der Waals surface area contributed by atoms with Crippen molar-refractivity contribution in [2.24, 2.45) is 0 Å². The summed E-state index contributed by atoms with van der Waals surface area (Å²) in [7, 11) is 0. The molecule has 0 amide bonds. The number of nitrogens with one attached hydrogen (secondary N) is 1. The van der Waals surface area contributed by atoms with Crippen molar-refractivity contribution in [3.05, 3.63) is 70.6 Å². The van der Waals surface area contributed by atoms with Crippen LogP contribution in [0.25, 0.3) is 33.2 Å². The van der Waals surface area contributed by atoms with Crippen molar-refractivity contribution in [3.63, 3.8) is 0 Å². The number of aryl methyl sites for hydroxylation is 1. The Morgan fingerprint density at radius 3 is 2.59 bits per heavy atom. The number of nitrogens with two attached hydrogens (primary N) is 1. The maximum Gasteiger partial charge on any atom is 0.250 e. The number of fused-ring (bicyclic) bond motifs is 1. The highest BCUT2D eigenvalue weighted by Gasteiger charge is 2.16. The average molecular weight is 428 g/mol. The first-order valence-electron chi connectivity index (χ1n) is 10.6. The molecule has 32 heavy (non-hydrogen) atoms. The fraction of sp³-hybridized carbons (Fsp3) is 0.200. The molecule has 7 nitrogen and oxygen atoms in total. The molecule has 0 aliphatic carbocycles. The molecule has 1 saturated heterocycles. The van der Waals surface area contributed by atoms with Crippen LogP contribution in [0.2, 0.25) is 0 Å². The van der Waals surface area contributed by atoms with Gasteiger partial charge in [-0.25, -0.2) is 4.98 Å². The molecule has 0 saturated carbocycles. The van der Waals surface area contributed by atoms with E-state index < -0.39 is 0 Å². The smallest absolute Gasteiger partial charge is 0.250 e. The van der Waals surface area contributed by atoms with E-state index in [-0.39, 0.29) is 11.3 Å². The van der Waals surface area contributed by atoms with Crippen LogP contribution in [0.15, 0.2) is 59.5 Å². The number of aromatic nitrogens is 2. The molecule has 1 aliphatic rings. The quantitative estimate of drug-likeness (QED) is 0.460. The Morgan fingerprint density at radius 1 is 1.03 bits per heavy atom. The van der Waals surface area contributed by atoms with Gasteiger partial charge < -0.3 is 25.5 Å². The number of hydrogen-bond donors (Lipinski definition) is 3. The molecule has 2 aromatic carbocycles. The summed E-state index contributed by atoms with van der Waals surface area (Å²) in [6.07, 6.45) is 1.71. The van der Waals surface area contributed by atoms with Crippen molar-refractivity contribution < 1.29 is 9.84 Å². The van der Waals surface area contributed by atoms with Gasteiger partial charge in [0.05, 0.1) is 18.7 Å². The van der Waals surface area contributed by atoms with Gasteiger partial charge in [-0.3, -0.25) is 4.79 Å². The third-order valence-electron chi connectivity index (χ3n) is 5.91. The van der Waals surface area contributed by atoms with E-state index >= 15 is 0 Å². The summed E-state index contributed by atoms with van der Waals surface area (Å²) in [5.74, 6) is 0.522. The van der Waals surface area contributed by atoms with Gasteiger partial charge in [-0.05, 0) is 54.4 Å². The van der Waals surface area contributed by atoms with Crippen LogP contribution >= 0.6 is 0 Å². The van der Waals surface area contributed by atoms with Crippen LogP contribution in [0.5, 0.6) is 5.75 Å². The minimum Gasteiger partial charge on any atom is -0.507 e. The standard InChI is InChI=1S/C25H24N4O3/c1-15-10-18(14-27-25(15)31)16-2-5-22-17(11-16)12-21(24(26)28-22)20-4-3-19(13-23(20)30)29-6-8-32-9-7-29/h2-5,10-14,30H,6-9H2,1H3,(H2,26,28)(H,27,31). The number of anilines is 2. The molecule has 0 radical (unpaired) electrons. The van der Waals surface area contributed by atoms with Crippen LogP contribution in [0, 0.1) is 6.92 Å². The van der Waals surface area contributed by atoms with Gasteiger partial charge in [0.25, 0.3) is 5.56 Å². The number of hydrogen-bond acceptors (Lipinski definition) is 6. The van der Waals surface area contributed by atoms with Crippen LogP contribution in [-0.2, 0) is 4.74 Å². The summed E-state index contributed by atoms with van der Waals surface area (Å²) in [5, 5.41) is 11.7. The molecule has 1 fully saturated rings. The predicted molar refractivity (Wildman–Crippen MR) is 127 cm³/mol. The van der Waals surface area contributed by atoms with Crippen molar-refractivity contribution in [1.29, 1.82) is 0 Å². The Bertz CT molecular complexity index is 1370. The second-order valence-electron chi connectivity index (χ2n) is 8.03. The Labute approximate surface area is 185 Å². The summed E-state index contributed by atoms with van der Waals surface area (Å²) in [6, 6.07) is 15.3. The van der Waals surface area contributed by atoms with Crippen LogP contribution in [0.4, 0.5) is 11.5 Å². The second kappa shape index (κ2) is 8.01. The minimum absolute atomic E-state index is 0.0951. The van der Waals surface area contributed by atoms with Crippen LogP contribution < -0.4 is 16.2 Å². The molecule has 7 heteroatoms. The maximum absolute atomic E-state index is 11.7. The highest BCUT2D eigenvalue weighted by atomic mass is 16.5. The Balaban J connectivity index is 1.55. The summed E-state index contributed by atoms with van der Waals surface area (Å²) in [6.45, 7) is 4.74. The Morgan fingerprint density at radius 2 is 1.84 bits per heavy atom. The van der Waals surface area contributed by atoms with Crippen LogP contribution in [-0.4, -0.2) is 41.4 Å². The Kier molecular flexibility index (Phi) is 5.03. The van der Waals surface area contributed by atoms with Gasteiger partial charge in [0.2, 0.25) is 0 Å². The summed E-state index contributed by atoms with van der Waals surface area (Å²) >= 11 is 0. The van der Waals surface area contributed by atoms with E-state index in [0.29, 0.717) is 35.7 Å². The first-order chi connectivity index (χ1) is 15.5. The lowest BCUT2D eigenvalue weighted by Crippen LogP contribution is -2.36. The normalized spacial score (nSPS) is 14.1. The molecule has 4 N–H and O–H groups in total. The second-order valence-corrected chi connectivity index (χ2v) is 8.03. The van der Waals surface area contributed by atoms with Crippen molar-refractivity contribution in [3.8, 4) is 28.0 Å². The third-order valence-corrected chi connectivity index (χ3v) is 5.91. The molecular formula is C25H24N4O3.